The molecule has 0 saturated carbocycles. The smallest absolute Gasteiger partial charge is 0.241 e. The number of aromatic hydroxyl groups is 1. The Balaban J connectivity index is 1.40. The second-order valence-corrected chi connectivity index (χ2v) is 11.1. The fraction of sp³-hybridized carbons (Fsp3) is 0.406. The van der Waals surface area contributed by atoms with Gasteiger partial charge in [0.1, 0.15) is 22.8 Å². The van der Waals surface area contributed by atoms with Crippen molar-refractivity contribution < 1.29 is 43.1 Å². The lowest BCUT2D eigenvalue weighted by molar-refractivity contribution is -0.209. The largest absolute Gasteiger partial charge is 0.507 e. The third-order valence-electron chi connectivity index (χ3n) is 8.82. The zero-order valence-electron chi connectivity index (χ0n) is 23.4. The number of ketones is 1. The van der Waals surface area contributed by atoms with Gasteiger partial charge in [-0.25, -0.2) is 0 Å². The fourth-order valence-electron chi connectivity index (χ4n) is 6.40. The van der Waals surface area contributed by atoms with Crippen molar-refractivity contribution in [3.8, 4) is 40.2 Å². The number of hydrogen-bond donors (Lipinski definition) is 1. The summed E-state index contributed by atoms with van der Waals surface area (Å²) >= 11 is 0. The van der Waals surface area contributed by atoms with Crippen LogP contribution in [0.3, 0.4) is 0 Å². The van der Waals surface area contributed by atoms with E-state index in [-0.39, 0.29) is 48.6 Å². The Morgan fingerprint density at radius 3 is 2.44 bits per heavy atom. The second-order valence-electron chi connectivity index (χ2n) is 11.1. The molecule has 7 rings (SSSR count). The van der Waals surface area contributed by atoms with Gasteiger partial charge in [-0.1, -0.05) is 19.9 Å². The van der Waals surface area contributed by atoms with Gasteiger partial charge >= 0.3 is 0 Å². The van der Waals surface area contributed by atoms with Crippen LogP contribution in [0, 0.1) is 18.8 Å². The number of Topliss-reactive ketones (excluding diaryl/α,β-unsaturated/α-hetero) is 1. The molecule has 3 aromatic carbocycles. The quantitative estimate of drug-likeness (QED) is 0.366. The van der Waals surface area contributed by atoms with Crippen LogP contribution in [0.15, 0.2) is 36.4 Å². The molecular formula is C32H32O9. The summed E-state index contributed by atoms with van der Waals surface area (Å²) in [6.07, 6.45) is 1.42. The lowest BCUT2D eigenvalue weighted by Crippen LogP contribution is -2.43. The Bertz CT molecular complexity index is 1560. The average Bonchev–Trinajstić information content (AvgIpc) is 3.74. The highest BCUT2D eigenvalue weighted by Crippen LogP contribution is 2.60. The molecule has 0 unspecified atom stereocenters. The Kier molecular flexibility index (Phi) is 5.97. The first-order valence-electron chi connectivity index (χ1n) is 14.0. The molecule has 0 bridgehead atoms. The van der Waals surface area contributed by atoms with Crippen LogP contribution in [0.25, 0.3) is 0 Å². The minimum atomic E-state index is -1.27. The Morgan fingerprint density at radius 1 is 1.05 bits per heavy atom. The van der Waals surface area contributed by atoms with Gasteiger partial charge in [-0.2, -0.15) is 0 Å². The van der Waals surface area contributed by atoms with Crippen molar-refractivity contribution in [2.45, 2.75) is 51.9 Å². The van der Waals surface area contributed by atoms with Crippen LogP contribution in [0.1, 0.15) is 65.4 Å². The minimum absolute atomic E-state index is 0.129. The number of carbonyl (C=O) groups excluding carboxylic acids is 1. The van der Waals surface area contributed by atoms with Crippen LogP contribution in [-0.2, 0) is 16.9 Å². The van der Waals surface area contributed by atoms with E-state index < -0.39 is 5.79 Å². The fourth-order valence-corrected chi connectivity index (χ4v) is 6.40. The predicted octanol–water partition coefficient (Wildman–Crippen LogP) is 5.96. The molecular weight excluding hydrogens is 528 g/mol. The van der Waals surface area contributed by atoms with E-state index >= 15 is 0 Å². The molecule has 41 heavy (non-hydrogen) atoms. The number of phenolic OH excluding ortho intramolecular Hbond substituents is 1. The van der Waals surface area contributed by atoms with Gasteiger partial charge in [0.2, 0.25) is 19.4 Å². The van der Waals surface area contributed by atoms with E-state index in [0.29, 0.717) is 59.3 Å². The monoisotopic (exact) mass is 560 g/mol. The Labute approximate surface area is 237 Å². The van der Waals surface area contributed by atoms with Gasteiger partial charge in [0.25, 0.3) is 0 Å². The van der Waals surface area contributed by atoms with Gasteiger partial charge in [-0.3, -0.25) is 4.79 Å². The number of methoxy groups -OCH3 is 1. The van der Waals surface area contributed by atoms with E-state index in [1.807, 2.05) is 50.2 Å². The lowest BCUT2D eigenvalue weighted by atomic mass is 9.79. The molecule has 4 atom stereocenters. The number of phenols is 1. The highest BCUT2D eigenvalue weighted by Gasteiger charge is 2.57. The molecule has 0 aromatic heterocycles. The standard InChI is InChI=1S/C32H32O9/c1-5-16(2)28(33)27-29(34)17(3)30(35-4)21-11-20-13-24(18-6-8-22-25(10-18)38-14-36-22)40-32(20,41-31(21)27)19-7-9-23-26(12-19)39-15-37-23/h6-10,12,16,20,24,34H,5,11,13-15H2,1-4H3/t16-,20-,24-,32-/m0/s1. The van der Waals surface area contributed by atoms with Gasteiger partial charge in [-0.05, 0) is 62.1 Å². The van der Waals surface area contributed by atoms with Gasteiger partial charge in [0, 0.05) is 28.5 Å². The number of hydrogen-bond acceptors (Lipinski definition) is 9. The maximum atomic E-state index is 13.7. The molecule has 0 spiro atoms. The average molecular weight is 561 g/mol. The minimum Gasteiger partial charge on any atom is -0.507 e. The number of benzene rings is 3. The molecule has 3 aromatic rings. The first kappa shape index (κ1) is 25.8. The predicted molar refractivity (Wildman–Crippen MR) is 146 cm³/mol. The number of rotatable bonds is 6. The number of carbonyl (C=O) groups is 1. The number of ether oxygens (including phenoxy) is 7. The van der Waals surface area contributed by atoms with Crippen LogP contribution in [-0.4, -0.2) is 31.6 Å². The molecule has 1 saturated heterocycles. The van der Waals surface area contributed by atoms with Crippen molar-refractivity contribution in [2.24, 2.45) is 11.8 Å². The molecule has 4 aliphatic heterocycles. The van der Waals surface area contributed by atoms with Gasteiger partial charge < -0.3 is 38.3 Å². The first-order chi connectivity index (χ1) is 19.8. The van der Waals surface area contributed by atoms with Gasteiger partial charge in [0.05, 0.1) is 13.2 Å². The van der Waals surface area contributed by atoms with Crippen LogP contribution in [0.4, 0.5) is 0 Å². The SMILES string of the molecule is CC[C@H](C)C(=O)c1c(O)c(C)c(OC)c2c1O[C@]1(c3ccc4c(c3)OCO4)O[C@H](c3ccc4c(c3)OCO4)C[C@@H]1C2. The zero-order valence-corrected chi connectivity index (χ0v) is 23.4. The van der Waals surface area contributed by atoms with Crippen molar-refractivity contribution in [3.63, 3.8) is 0 Å². The third-order valence-corrected chi connectivity index (χ3v) is 8.82. The van der Waals surface area contributed by atoms with E-state index in [1.165, 1.54) is 0 Å². The summed E-state index contributed by atoms with van der Waals surface area (Å²) in [5, 5.41) is 11.3. The summed E-state index contributed by atoms with van der Waals surface area (Å²) < 4.78 is 42.1. The van der Waals surface area contributed by atoms with Gasteiger partial charge in [0.15, 0.2) is 28.8 Å². The summed E-state index contributed by atoms with van der Waals surface area (Å²) in [6.45, 7) is 5.89. The van der Waals surface area contributed by atoms with Gasteiger partial charge in [-0.15, -0.1) is 0 Å². The summed E-state index contributed by atoms with van der Waals surface area (Å²) in [4.78, 5) is 13.7. The van der Waals surface area contributed by atoms with Crippen molar-refractivity contribution in [1.29, 1.82) is 0 Å². The number of fused-ring (bicyclic) bond motifs is 4. The van der Waals surface area contributed by atoms with E-state index in [9.17, 15) is 9.90 Å². The molecule has 4 heterocycles. The lowest BCUT2D eigenvalue weighted by Gasteiger charge is -2.41. The van der Waals surface area contributed by atoms with Crippen LogP contribution in [0.5, 0.6) is 40.2 Å². The van der Waals surface area contributed by atoms with Crippen molar-refractivity contribution in [1.82, 2.24) is 0 Å². The van der Waals surface area contributed by atoms with E-state index in [2.05, 4.69) is 0 Å². The van der Waals surface area contributed by atoms with Crippen LogP contribution >= 0.6 is 0 Å². The molecule has 214 valence electrons. The summed E-state index contributed by atoms with van der Waals surface area (Å²) in [5.41, 5.74) is 3.11. The molecule has 9 nitrogen and oxygen atoms in total. The summed E-state index contributed by atoms with van der Waals surface area (Å²) in [7, 11) is 1.57. The zero-order chi connectivity index (χ0) is 28.5. The molecule has 4 aliphatic rings. The van der Waals surface area contributed by atoms with Crippen LogP contribution in [0.2, 0.25) is 0 Å². The molecule has 0 aliphatic carbocycles. The Morgan fingerprint density at radius 2 is 1.73 bits per heavy atom. The van der Waals surface area contributed by atoms with Crippen LogP contribution < -0.4 is 28.4 Å². The maximum absolute atomic E-state index is 13.7. The second kappa shape index (κ2) is 9.48. The highest BCUT2D eigenvalue weighted by molar-refractivity contribution is 6.04. The summed E-state index contributed by atoms with van der Waals surface area (Å²) in [6, 6.07) is 11.4. The van der Waals surface area contributed by atoms with Crippen molar-refractivity contribution >= 4 is 5.78 Å². The molecule has 1 N–H and O–H groups in total. The molecule has 9 heteroatoms. The van der Waals surface area contributed by atoms with E-state index in [1.54, 1.807) is 14.0 Å². The third kappa shape index (κ3) is 3.82. The topological polar surface area (TPSA) is 102 Å². The maximum Gasteiger partial charge on any atom is 0.241 e. The van der Waals surface area contributed by atoms with E-state index in [0.717, 1.165) is 16.7 Å². The summed E-state index contributed by atoms with van der Waals surface area (Å²) in [5.74, 6) is 1.37. The molecule has 0 radical (unpaired) electrons. The molecule has 1 fully saturated rings. The first-order valence-corrected chi connectivity index (χ1v) is 14.0. The highest BCUT2D eigenvalue weighted by atomic mass is 16.7. The van der Waals surface area contributed by atoms with Crippen molar-refractivity contribution in [2.75, 3.05) is 20.7 Å². The normalized spacial score (nSPS) is 23.9. The molecule has 0 amide bonds. The van der Waals surface area contributed by atoms with Crippen molar-refractivity contribution in [3.05, 3.63) is 64.2 Å². The van der Waals surface area contributed by atoms with E-state index in [4.69, 9.17) is 33.2 Å². The Hall–Kier alpha value is -4.11.